The van der Waals surface area contributed by atoms with Gasteiger partial charge in [-0.1, -0.05) is 129 Å². The lowest BCUT2D eigenvalue weighted by molar-refractivity contribution is 0.0951. The molecule has 20 heteroatoms. The number of fused-ring (bicyclic) bond motifs is 3. The average Bonchev–Trinajstić information content (AvgIpc) is 2.96. The van der Waals surface area contributed by atoms with Gasteiger partial charge in [0, 0.05) is 21.9 Å². The van der Waals surface area contributed by atoms with E-state index in [9.17, 15) is 29.1 Å². The zero-order valence-electron chi connectivity index (χ0n) is 22.6. The molecule has 0 atom stereocenters. The molecule has 0 heterocycles. The van der Waals surface area contributed by atoms with Crippen LogP contribution in [0.25, 0.3) is 10.8 Å². The third-order valence-corrected chi connectivity index (χ3v) is 6.92. The molecule has 0 bridgehead atoms. The number of ketones is 2. The van der Waals surface area contributed by atoms with Gasteiger partial charge in [0.2, 0.25) is 11.4 Å². The van der Waals surface area contributed by atoms with E-state index in [1.54, 1.807) is 0 Å². The van der Waals surface area contributed by atoms with Crippen LogP contribution in [0.15, 0.2) is 42.5 Å². The Morgan fingerprint density at radius 2 is 1.15 bits per heavy atom. The fourth-order valence-corrected chi connectivity index (χ4v) is 4.77. The second-order valence-electron chi connectivity index (χ2n) is 9.29. The first-order valence-corrected chi connectivity index (χ1v) is 15.8. The van der Waals surface area contributed by atoms with Crippen molar-refractivity contribution in [3.63, 3.8) is 0 Å². The number of nitrogens with zero attached hydrogens (tertiary/aromatic N) is 1. The number of halogens is 9. The Kier molecular flexibility index (Phi) is 11.4. The molecule has 0 aliphatic heterocycles. The van der Waals surface area contributed by atoms with Crippen molar-refractivity contribution in [2.24, 2.45) is 0 Å². The van der Waals surface area contributed by atoms with Crippen LogP contribution in [0.3, 0.4) is 0 Å². The van der Waals surface area contributed by atoms with Gasteiger partial charge >= 0.3 is 18.3 Å². The maximum atomic E-state index is 14.2. The summed E-state index contributed by atoms with van der Waals surface area (Å²) in [7, 11) is 0. The molecule has 4 rings (SSSR count). The zero-order chi connectivity index (χ0) is 35.1. The molecule has 0 unspecified atom stereocenters. The van der Waals surface area contributed by atoms with Crippen molar-refractivity contribution in [1.29, 1.82) is 0 Å². The minimum atomic E-state index is -2.16. The lowest BCUT2D eigenvalue weighted by Crippen LogP contribution is -2.42. The molecular formula is C27H14Cl9NO10. The Hall–Kier alpha value is -2.32. The van der Waals surface area contributed by atoms with Crippen LogP contribution in [0.2, 0.25) is 0 Å². The van der Waals surface area contributed by atoms with Gasteiger partial charge in [-0.15, -0.1) is 0 Å². The van der Waals surface area contributed by atoms with Crippen LogP contribution >= 0.6 is 104 Å². The average molecular weight is 831 g/mol. The van der Waals surface area contributed by atoms with Gasteiger partial charge in [-0.3, -0.25) is 9.59 Å². The molecule has 47 heavy (non-hydrogen) atoms. The maximum absolute atomic E-state index is 14.2. The summed E-state index contributed by atoms with van der Waals surface area (Å²) in [5.41, 5.74) is -2.51. The van der Waals surface area contributed by atoms with E-state index < -0.39 is 89.4 Å². The third-order valence-electron chi connectivity index (χ3n) is 5.93. The van der Waals surface area contributed by atoms with Gasteiger partial charge in [-0.25, -0.2) is 14.4 Å². The number of hydrogen-bond donors (Lipinski definition) is 1. The number of benzene rings is 3. The van der Waals surface area contributed by atoms with E-state index in [2.05, 4.69) is 0 Å². The van der Waals surface area contributed by atoms with Gasteiger partial charge < -0.3 is 24.1 Å². The number of phenolic OH excluding ortho intramolecular Hbond substituents is 1. The van der Waals surface area contributed by atoms with Crippen LogP contribution in [0.4, 0.5) is 20.1 Å². The highest BCUT2D eigenvalue weighted by Crippen LogP contribution is 2.47. The number of hydrogen-bond acceptors (Lipinski definition) is 10. The maximum Gasteiger partial charge on any atom is 0.514 e. The SMILES string of the molecule is O=C(OCC(Cl)(Cl)Cl)Oc1c2c(c(N(C(=O)OCC(Cl)(Cl)Cl)C(=O)OCC(Cl)(Cl)Cl)c3ccccc13)C(=O)c1ccc(O)cc1C2=O. The molecule has 1 aliphatic carbocycles. The van der Waals surface area contributed by atoms with Crippen molar-refractivity contribution in [1.82, 2.24) is 0 Å². The van der Waals surface area contributed by atoms with Gasteiger partial charge in [-0.2, -0.15) is 4.90 Å². The normalized spacial score (nSPS) is 13.0. The van der Waals surface area contributed by atoms with Gasteiger partial charge in [0.25, 0.3) is 0 Å². The summed E-state index contributed by atoms with van der Waals surface area (Å²) in [5.74, 6) is -2.94. The van der Waals surface area contributed by atoms with Crippen LogP contribution < -0.4 is 9.64 Å². The van der Waals surface area contributed by atoms with E-state index in [0.29, 0.717) is 0 Å². The molecule has 0 saturated heterocycles. The molecule has 3 aromatic carbocycles. The molecule has 0 fully saturated rings. The van der Waals surface area contributed by atoms with Gasteiger partial charge in [0.05, 0.1) is 16.8 Å². The summed E-state index contributed by atoms with van der Waals surface area (Å²) >= 11 is 51.4. The first-order valence-electron chi connectivity index (χ1n) is 12.4. The predicted octanol–water partition coefficient (Wildman–Crippen LogP) is 9.03. The molecule has 1 N–H and O–H groups in total. The van der Waals surface area contributed by atoms with Crippen molar-refractivity contribution < 1.29 is 48.0 Å². The molecule has 11 nitrogen and oxygen atoms in total. The largest absolute Gasteiger partial charge is 0.514 e. The molecule has 0 radical (unpaired) electrons. The Bertz CT molecular complexity index is 1770. The van der Waals surface area contributed by atoms with Crippen LogP contribution in [-0.4, -0.2) is 66.2 Å². The second-order valence-corrected chi connectivity index (χ2v) is 16.8. The van der Waals surface area contributed by atoms with Crippen molar-refractivity contribution in [2.75, 3.05) is 24.7 Å². The number of amides is 2. The highest BCUT2D eigenvalue weighted by atomic mass is 35.6. The minimum absolute atomic E-state index is 0.134. The number of phenols is 1. The standard InChI is InChI=1S/C27H14Cl9NO10/c28-25(29,30)8-44-22(41)37(23(42)45-9-26(31,32)33)18-12-3-1-2-4-14(12)21(47-24(43)46-10-27(34,35)36)17-16(18)19(39)13-6-5-11(38)7-15(13)20(17)40/h1-7,38H,8-10H2. The van der Waals surface area contributed by atoms with E-state index in [-0.39, 0.29) is 26.8 Å². The highest BCUT2D eigenvalue weighted by molar-refractivity contribution is 6.68. The van der Waals surface area contributed by atoms with E-state index in [1.165, 1.54) is 24.3 Å². The Morgan fingerprint density at radius 3 is 1.68 bits per heavy atom. The number of rotatable bonds is 5. The first kappa shape index (κ1) is 37.5. The Labute approximate surface area is 309 Å². The molecule has 0 aromatic heterocycles. The van der Waals surface area contributed by atoms with E-state index in [0.717, 1.165) is 18.2 Å². The number of alkyl halides is 9. The number of imide groups is 1. The molecule has 1 aliphatic rings. The minimum Gasteiger partial charge on any atom is -0.508 e. The molecule has 3 aromatic rings. The van der Waals surface area contributed by atoms with Crippen LogP contribution in [0, 0.1) is 0 Å². The first-order chi connectivity index (χ1) is 21.7. The number of carbonyl (C=O) groups is 5. The number of anilines is 1. The summed E-state index contributed by atoms with van der Waals surface area (Å²) in [5, 5.41) is 9.82. The van der Waals surface area contributed by atoms with Crippen molar-refractivity contribution in [3.8, 4) is 11.5 Å². The quantitative estimate of drug-likeness (QED) is 0.0895. The molecular weight excluding hydrogens is 817 g/mol. The Morgan fingerprint density at radius 1 is 0.660 bits per heavy atom. The lowest BCUT2D eigenvalue weighted by Gasteiger charge is -2.29. The summed E-state index contributed by atoms with van der Waals surface area (Å²) < 4.78 is 14.0. The van der Waals surface area contributed by atoms with Crippen LogP contribution in [0.5, 0.6) is 11.5 Å². The summed E-state index contributed by atoms with van der Waals surface area (Å²) in [6.45, 7) is -2.59. The fraction of sp³-hybridized carbons (Fsp3) is 0.222. The van der Waals surface area contributed by atoms with E-state index in [1.807, 2.05) is 0 Å². The predicted molar refractivity (Wildman–Crippen MR) is 177 cm³/mol. The van der Waals surface area contributed by atoms with Crippen molar-refractivity contribution in [3.05, 3.63) is 64.7 Å². The molecule has 250 valence electrons. The molecule has 2 amide bonds. The lowest BCUT2D eigenvalue weighted by atomic mass is 9.80. The zero-order valence-corrected chi connectivity index (χ0v) is 29.4. The van der Waals surface area contributed by atoms with Crippen LogP contribution in [-0.2, 0) is 14.2 Å². The van der Waals surface area contributed by atoms with E-state index >= 15 is 0 Å². The van der Waals surface area contributed by atoms with Crippen LogP contribution in [0.1, 0.15) is 31.8 Å². The topological polar surface area (TPSA) is 146 Å². The number of aromatic hydroxyl groups is 1. The van der Waals surface area contributed by atoms with Crippen molar-refractivity contribution in [2.45, 2.75) is 11.4 Å². The highest BCUT2D eigenvalue weighted by Gasteiger charge is 2.43. The fourth-order valence-electron chi connectivity index (χ4n) is 4.28. The van der Waals surface area contributed by atoms with Gasteiger partial charge in [0.1, 0.15) is 25.6 Å². The number of ether oxygens (including phenoxy) is 4. The summed E-state index contributed by atoms with van der Waals surface area (Å²) in [6.07, 6.45) is -4.60. The summed E-state index contributed by atoms with van der Waals surface area (Å²) in [6, 6.07) is 8.68. The second kappa shape index (κ2) is 14.3. The van der Waals surface area contributed by atoms with Crippen molar-refractivity contribution >= 4 is 151 Å². The third kappa shape index (κ3) is 9.03. The monoisotopic (exact) mass is 827 g/mol. The number of carbonyl (C=O) groups excluding carboxylic acids is 5. The summed E-state index contributed by atoms with van der Waals surface area (Å²) in [4.78, 5) is 68.4. The smallest absolute Gasteiger partial charge is 0.508 e. The Balaban J connectivity index is 2.06. The van der Waals surface area contributed by atoms with Gasteiger partial charge in [-0.05, 0) is 18.2 Å². The molecule has 0 spiro atoms. The van der Waals surface area contributed by atoms with E-state index in [4.69, 9.17) is 123 Å². The molecule has 0 saturated carbocycles. The van der Waals surface area contributed by atoms with Gasteiger partial charge in [0.15, 0.2) is 17.3 Å².